The van der Waals surface area contributed by atoms with Gasteiger partial charge in [0.05, 0.1) is 46.5 Å². The molecule has 170 valence electrons. The van der Waals surface area contributed by atoms with Gasteiger partial charge in [-0.1, -0.05) is 0 Å². The van der Waals surface area contributed by atoms with Gasteiger partial charge in [-0.15, -0.1) is 11.3 Å². The first-order valence-corrected chi connectivity index (χ1v) is 11.7. The molecule has 0 spiro atoms. The van der Waals surface area contributed by atoms with E-state index in [-0.39, 0.29) is 0 Å². The summed E-state index contributed by atoms with van der Waals surface area (Å²) in [6, 6.07) is 3.81. The number of fused-ring (bicyclic) bond motifs is 3. The molecular formula is C23H28N4O4S. The summed E-state index contributed by atoms with van der Waals surface area (Å²) in [6.07, 6.45) is 3.39. The summed E-state index contributed by atoms with van der Waals surface area (Å²) < 4.78 is 22.0. The highest BCUT2D eigenvalue weighted by Crippen LogP contribution is 2.43. The lowest BCUT2D eigenvalue weighted by Crippen LogP contribution is -2.36. The van der Waals surface area contributed by atoms with Crippen LogP contribution in [-0.2, 0) is 24.1 Å². The van der Waals surface area contributed by atoms with Crippen molar-refractivity contribution in [2.75, 3.05) is 52.9 Å². The second kappa shape index (κ2) is 9.09. The predicted molar refractivity (Wildman–Crippen MR) is 125 cm³/mol. The number of rotatable bonds is 7. The van der Waals surface area contributed by atoms with Crippen molar-refractivity contribution in [3.05, 3.63) is 28.4 Å². The average molecular weight is 457 g/mol. The van der Waals surface area contributed by atoms with Gasteiger partial charge in [0, 0.05) is 35.8 Å². The van der Waals surface area contributed by atoms with Crippen LogP contribution in [0.1, 0.15) is 22.7 Å². The molecule has 0 amide bonds. The lowest BCUT2D eigenvalue weighted by molar-refractivity contribution is 0.0331. The standard InChI is InChI=1S/C23H28N4O4S/c1-28-16-11-14(12-17(29-2)21(16)30-3)24-22-20-15-5-4-6-18(15)32-23(20)26-19(25-22)13-27-7-9-31-10-8-27/h11-12H,4-10,13H2,1-3H3,(H,24,25,26). The molecule has 0 unspecified atom stereocenters. The van der Waals surface area contributed by atoms with Crippen LogP contribution >= 0.6 is 11.3 Å². The van der Waals surface area contributed by atoms with Gasteiger partial charge >= 0.3 is 0 Å². The normalized spacial score (nSPS) is 16.2. The largest absolute Gasteiger partial charge is 0.493 e. The Bertz CT molecular complexity index is 1100. The molecule has 0 atom stereocenters. The van der Waals surface area contributed by atoms with Crippen LogP contribution in [0.3, 0.4) is 0 Å². The molecule has 1 N–H and O–H groups in total. The Labute approximate surface area is 191 Å². The molecule has 8 nitrogen and oxygen atoms in total. The maximum absolute atomic E-state index is 5.53. The quantitative estimate of drug-likeness (QED) is 0.576. The van der Waals surface area contributed by atoms with E-state index in [2.05, 4.69) is 10.2 Å². The van der Waals surface area contributed by atoms with E-state index in [1.54, 1.807) is 32.7 Å². The molecule has 1 saturated heterocycles. The monoisotopic (exact) mass is 456 g/mol. The lowest BCUT2D eigenvalue weighted by Gasteiger charge is -2.25. The van der Waals surface area contributed by atoms with E-state index >= 15 is 0 Å². The Hall–Kier alpha value is -2.62. The highest BCUT2D eigenvalue weighted by atomic mass is 32.1. The summed E-state index contributed by atoms with van der Waals surface area (Å²) in [7, 11) is 4.85. The van der Waals surface area contributed by atoms with E-state index in [0.717, 1.165) is 66.7 Å². The number of hydrogen-bond acceptors (Lipinski definition) is 9. The number of benzene rings is 1. The van der Waals surface area contributed by atoms with Crippen molar-refractivity contribution < 1.29 is 18.9 Å². The molecular weight excluding hydrogens is 428 g/mol. The van der Waals surface area contributed by atoms with Gasteiger partial charge < -0.3 is 24.3 Å². The fourth-order valence-corrected chi connectivity index (χ4v) is 5.73. The number of anilines is 2. The van der Waals surface area contributed by atoms with Crippen molar-refractivity contribution in [2.45, 2.75) is 25.8 Å². The molecule has 1 aromatic carbocycles. The molecule has 5 rings (SSSR count). The third-order valence-electron chi connectivity index (χ3n) is 6.01. The summed E-state index contributed by atoms with van der Waals surface area (Å²) in [4.78, 5) is 14.8. The number of ether oxygens (including phenoxy) is 4. The SMILES string of the molecule is COc1cc(Nc2nc(CN3CCOCC3)nc3sc4c(c23)CCC4)cc(OC)c1OC. The number of nitrogens with zero attached hydrogens (tertiary/aromatic N) is 3. The maximum atomic E-state index is 5.53. The van der Waals surface area contributed by atoms with E-state index in [0.29, 0.717) is 23.8 Å². The van der Waals surface area contributed by atoms with E-state index in [9.17, 15) is 0 Å². The minimum Gasteiger partial charge on any atom is -0.493 e. The molecule has 9 heteroatoms. The maximum Gasteiger partial charge on any atom is 0.203 e. The van der Waals surface area contributed by atoms with Crippen LogP contribution in [0.2, 0.25) is 0 Å². The first-order valence-electron chi connectivity index (χ1n) is 10.9. The summed E-state index contributed by atoms with van der Waals surface area (Å²) in [5.41, 5.74) is 2.22. The number of methoxy groups -OCH3 is 3. The van der Waals surface area contributed by atoms with Crippen molar-refractivity contribution in [1.82, 2.24) is 14.9 Å². The lowest BCUT2D eigenvalue weighted by atomic mass is 10.1. The number of morpholine rings is 1. The Morgan fingerprint density at radius 3 is 2.47 bits per heavy atom. The van der Waals surface area contributed by atoms with Crippen molar-refractivity contribution >= 4 is 33.1 Å². The minimum atomic E-state index is 0.567. The number of nitrogens with one attached hydrogen (secondary N) is 1. The summed E-state index contributed by atoms with van der Waals surface area (Å²) in [6.45, 7) is 4.03. The molecule has 3 heterocycles. The minimum absolute atomic E-state index is 0.567. The highest BCUT2D eigenvalue weighted by Gasteiger charge is 2.24. The Balaban J connectivity index is 1.56. The van der Waals surface area contributed by atoms with E-state index in [4.69, 9.17) is 28.9 Å². The summed E-state index contributed by atoms with van der Waals surface area (Å²) in [5, 5.41) is 4.68. The van der Waals surface area contributed by atoms with Crippen LogP contribution in [0.4, 0.5) is 11.5 Å². The molecule has 0 saturated carbocycles. The van der Waals surface area contributed by atoms with Crippen LogP contribution in [0.15, 0.2) is 12.1 Å². The van der Waals surface area contributed by atoms with E-state index in [1.807, 2.05) is 12.1 Å². The molecule has 1 aliphatic carbocycles. The Kier molecular flexibility index (Phi) is 6.03. The molecule has 3 aromatic rings. The smallest absolute Gasteiger partial charge is 0.203 e. The zero-order valence-electron chi connectivity index (χ0n) is 18.7. The van der Waals surface area contributed by atoms with Crippen LogP contribution in [0.25, 0.3) is 10.2 Å². The third kappa shape index (κ3) is 3.96. The molecule has 0 bridgehead atoms. The van der Waals surface area contributed by atoms with Gasteiger partial charge in [0.2, 0.25) is 5.75 Å². The van der Waals surface area contributed by atoms with Crippen molar-refractivity contribution in [3.8, 4) is 17.2 Å². The number of thiophene rings is 1. The van der Waals surface area contributed by atoms with Gasteiger partial charge in [-0.3, -0.25) is 4.90 Å². The fourth-order valence-electron chi connectivity index (χ4n) is 4.45. The number of aryl methyl sites for hydroxylation is 2. The average Bonchev–Trinajstić information content (AvgIpc) is 3.40. The highest BCUT2D eigenvalue weighted by molar-refractivity contribution is 7.19. The Morgan fingerprint density at radius 1 is 1.03 bits per heavy atom. The van der Waals surface area contributed by atoms with Gasteiger partial charge in [-0.25, -0.2) is 9.97 Å². The van der Waals surface area contributed by atoms with Gasteiger partial charge in [0.1, 0.15) is 16.5 Å². The van der Waals surface area contributed by atoms with E-state index < -0.39 is 0 Å². The van der Waals surface area contributed by atoms with Gasteiger partial charge in [0.15, 0.2) is 11.5 Å². The molecule has 1 fully saturated rings. The van der Waals surface area contributed by atoms with Crippen molar-refractivity contribution in [1.29, 1.82) is 0 Å². The Morgan fingerprint density at radius 2 is 1.78 bits per heavy atom. The molecule has 1 aliphatic heterocycles. The molecule has 0 radical (unpaired) electrons. The van der Waals surface area contributed by atoms with Crippen molar-refractivity contribution in [3.63, 3.8) is 0 Å². The van der Waals surface area contributed by atoms with Gasteiger partial charge in [0.25, 0.3) is 0 Å². The van der Waals surface area contributed by atoms with Crippen LogP contribution in [-0.4, -0.2) is 62.5 Å². The number of hydrogen-bond donors (Lipinski definition) is 1. The van der Waals surface area contributed by atoms with Crippen molar-refractivity contribution in [2.24, 2.45) is 0 Å². The summed E-state index contributed by atoms with van der Waals surface area (Å²) in [5.74, 6) is 3.44. The molecule has 32 heavy (non-hydrogen) atoms. The van der Waals surface area contributed by atoms with Gasteiger partial charge in [-0.05, 0) is 24.8 Å². The summed E-state index contributed by atoms with van der Waals surface area (Å²) >= 11 is 1.80. The van der Waals surface area contributed by atoms with Crippen LogP contribution in [0.5, 0.6) is 17.2 Å². The van der Waals surface area contributed by atoms with E-state index in [1.165, 1.54) is 16.9 Å². The van der Waals surface area contributed by atoms with Crippen LogP contribution < -0.4 is 19.5 Å². The molecule has 2 aromatic heterocycles. The fraction of sp³-hybridized carbons (Fsp3) is 0.478. The topological polar surface area (TPSA) is 78.0 Å². The second-order valence-electron chi connectivity index (χ2n) is 7.95. The van der Waals surface area contributed by atoms with Gasteiger partial charge in [-0.2, -0.15) is 0 Å². The third-order valence-corrected chi connectivity index (χ3v) is 7.19. The molecule has 2 aliphatic rings. The number of aromatic nitrogens is 2. The zero-order valence-corrected chi connectivity index (χ0v) is 19.5. The first-order chi connectivity index (χ1) is 15.7. The second-order valence-corrected chi connectivity index (χ2v) is 9.04. The zero-order chi connectivity index (χ0) is 22.1. The predicted octanol–water partition coefficient (Wildman–Crippen LogP) is 3.78. The van der Waals surface area contributed by atoms with Crippen LogP contribution in [0, 0.1) is 0 Å². The first kappa shape index (κ1) is 21.2.